The molecule has 20 heavy (non-hydrogen) atoms. The first-order valence-corrected chi connectivity index (χ1v) is 6.42. The molecule has 0 aromatic heterocycles. The van der Waals surface area contributed by atoms with Gasteiger partial charge in [0, 0.05) is 19.5 Å². The van der Waals surface area contributed by atoms with E-state index >= 15 is 0 Å². The Hall–Kier alpha value is -1.56. The summed E-state index contributed by atoms with van der Waals surface area (Å²) in [4.78, 5) is 12.5. The van der Waals surface area contributed by atoms with Crippen LogP contribution in [0.1, 0.15) is 17.5 Å². The molecule has 0 unspecified atom stereocenters. The van der Waals surface area contributed by atoms with Crippen LogP contribution in [0, 0.1) is 6.92 Å². The molecule has 1 aromatic rings. The molecule has 0 fully saturated rings. The second-order valence-electron chi connectivity index (χ2n) is 4.70. The number of aryl methyl sites for hydroxylation is 1. The van der Waals surface area contributed by atoms with Crippen molar-refractivity contribution in [3.63, 3.8) is 0 Å². The highest BCUT2D eigenvalue weighted by Gasteiger charge is 2.32. The normalized spacial score (nSPS) is 11.4. The van der Waals surface area contributed by atoms with E-state index in [4.69, 9.17) is 5.73 Å². The predicted octanol–water partition coefficient (Wildman–Crippen LogP) is 2.28. The first kappa shape index (κ1) is 16.5. The molecular formula is C14H19F3N2O. The molecule has 0 aliphatic rings. The zero-order valence-electron chi connectivity index (χ0n) is 11.4. The fourth-order valence-corrected chi connectivity index (χ4v) is 1.81. The van der Waals surface area contributed by atoms with Crippen LogP contribution in [0.2, 0.25) is 0 Å². The molecule has 1 rings (SSSR count). The van der Waals surface area contributed by atoms with E-state index in [0.29, 0.717) is 6.42 Å². The highest BCUT2D eigenvalue weighted by molar-refractivity contribution is 5.76. The fourth-order valence-electron chi connectivity index (χ4n) is 1.81. The fraction of sp³-hybridized carbons (Fsp3) is 0.500. The number of amides is 1. The maximum atomic E-state index is 12.5. The molecule has 1 aromatic carbocycles. The van der Waals surface area contributed by atoms with E-state index in [1.54, 1.807) is 0 Å². The Morgan fingerprint density at radius 3 is 2.35 bits per heavy atom. The van der Waals surface area contributed by atoms with Crippen LogP contribution in [0.15, 0.2) is 24.3 Å². The number of nitrogens with two attached hydrogens (primary N) is 1. The van der Waals surface area contributed by atoms with Crippen LogP contribution < -0.4 is 5.73 Å². The molecule has 0 heterocycles. The topological polar surface area (TPSA) is 46.3 Å². The average molecular weight is 288 g/mol. The van der Waals surface area contributed by atoms with E-state index in [1.165, 1.54) is 0 Å². The molecule has 6 heteroatoms. The lowest BCUT2D eigenvalue weighted by Crippen LogP contribution is -2.40. The summed E-state index contributed by atoms with van der Waals surface area (Å²) < 4.78 is 37.4. The Bertz CT molecular complexity index is 429. The van der Waals surface area contributed by atoms with Gasteiger partial charge in [-0.15, -0.1) is 0 Å². The summed E-state index contributed by atoms with van der Waals surface area (Å²) >= 11 is 0. The number of hydrogen-bond donors (Lipinski definition) is 1. The summed E-state index contributed by atoms with van der Waals surface area (Å²) in [5.41, 5.74) is 7.22. The number of alkyl halides is 3. The largest absolute Gasteiger partial charge is 0.406 e. The lowest BCUT2D eigenvalue weighted by Gasteiger charge is -2.24. The van der Waals surface area contributed by atoms with Crippen LogP contribution in [0.25, 0.3) is 0 Å². The van der Waals surface area contributed by atoms with Crippen LogP contribution in [0.5, 0.6) is 0 Å². The molecule has 0 aliphatic carbocycles. The van der Waals surface area contributed by atoms with Gasteiger partial charge in [-0.2, -0.15) is 13.2 Å². The van der Waals surface area contributed by atoms with E-state index in [2.05, 4.69) is 0 Å². The molecule has 0 aliphatic heterocycles. The third-order valence-electron chi connectivity index (χ3n) is 2.87. The zero-order valence-corrected chi connectivity index (χ0v) is 11.4. The molecule has 1 amide bonds. The van der Waals surface area contributed by atoms with Crippen molar-refractivity contribution in [3.8, 4) is 0 Å². The highest BCUT2D eigenvalue weighted by atomic mass is 19.4. The van der Waals surface area contributed by atoms with E-state index in [0.717, 1.165) is 16.0 Å². The van der Waals surface area contributed by atoms with Crippen molar-refractivity contribution in [3.05, 3.63) is 35.4 Å². The van der Waals surface area contributed by atoms with Gasteiger partial charge in [-0.1, -0.05) is 29.8 Å². The number of nitrogens with zero attached hydrogens (tertiary/aromatic N) is 1. The lowest BCUT2D eigenvalue weighted by atomic mass is 10.1. The Balaban J connectivity index is 2.64. The number of benzene rings is 1. The molecule has 0 atom stereocenters. The number of halogens is 3. The van der Waals surface area contributed by atoms with Crippen LogP contribution in [0.4, 0.5) is 13.2 Å². The molecule has 3 nitrogen and oxygen atoms in total. The molecule has 0 radical (unpaired) electrons. The van der Waals surface area contributed by atoms with Gasteiger partial charge in [-0.05, 0) is 18.9 Å². The van der Waals surface area contributed by atoms with Gasteiger partial charge in [0.2, 0.25) is 5.91 Å². The van der Waals surface area contributed by atoms with Crippen LogP contribution >= 0.6 is 0 Å². The van der Waals surface area contributed by atoms with Crippen molar-refractivity contribution in [2.45, 2.75) is 25.9 Å². The maximum absolute atomic E-state index is 12.5. The quantitative estimate of drug-likeness (QED) is 0.873. The van der Waals surface area contributed by atoms with Gasteiger partial charge < -0.3 is 10.6 Å². The minimum Gasteiger partial charge on any atom is -0.333 e. The van der Waals surface area contributed by atoms with Crippen molar-refractivity contribution in [2.75, 3.05) is 19.6 Å². The average Bonchev–Trinajstić information content (AvgIpc) is 2.35. The van der Waals surface area contributed by atoms with Crippen LogP contribution in [-0.4, -0.2) is 36.6 Å². The van der Waals surface area contributed by atoms with Gasteiger partial charge in [0.1, 0.15) is 6.54 Å². The van der Waals surface area contributed by atoms with E-state index in [-0.39, 0.29) is 19.5 Å². The van der Waals surface area contributed by atoms with E-state index < -0.39 is 18.6 Å². The van der Waals surface area contributed by atoms with Crippen LogP contribution in [-0.2, 0) is 11.2 Å². The van der Waals surface area contributed by atoms with Gasteiger partial charge >= 0.3 is 6.18 Å². The highest BCUT2D eigenvalue weighted by Crippen LogP contribution is 2.17. The summed E-state index contributed by atoms with van der Waals surface area (Å²) in [5, 5.41) is 0. The molecule has 0 bridgehead atoms. The van der Waals surface area contributed by atoms with E-state index in [9.17, 15) is 18.0 Å². The molecular weight excluding hydrogens is 269 g/mol. The lowest BCUT2D eigenvalue weighted by molar-refractivity contribution is -0.161. The summed E-state index contributed by atoms with van der Waals surface area (Å²) in [6.45, 7) is 0.807. The summed E-state index contributed by atoms with van der Waals surface area (Å²) in [6.07, 6.45) is -4.06. The Labute approximate surface area is 116 Å². The van der Waals surface area contributed by atoms with E-state index in [1.807, 2.05) is 31.2 Å². The second-order valence-corrected chi connectivity index (χ2v) is 4.70. The molecule has 2 N–H and O–H groups in total. The Morgan fingerprint density at radius 2 is 1.85 bits per heavy atom. The molecule has 0 saturated carbocycles. The van der Waals surface area contributed by atoms with Gasteiger partial charge in [0.15, 0.2) is 0 Å². The number of carbonyl (C=O) groups excluding carboxylic acids is 1. The van der Waals surface area contributed by atoms with Gasteiger partial charge in [-0.3, -0.25) is 4.79 Å². The first-order valence-electron chi connectivity index (χ1n) is 6.42. The van der Waals surface area contributed by atoms with Crippen molar-refractivity contribution in [1.29, 1.82) is 0 Å². The standard InChI is InChI=1S/C14H19F3N2O/c1-11-2-4-12(5-3-11)7-9-19(10-14(15,16)17)13(20)6-8-18/h2-5H,6-10,18H2,1H3. The summed E-state index contributed by atoms with van der Waals surface area (Å²) in [6, 6.07) is 7.50. The zero-order chi connectivity index (χ0) is 15.2. The van der Waals surface area contributed by atoms with Gasteiger partial charge in [0.05, 0.1) is 0 Å². The Morgan fingerprint density at radius 1 is 1.25 bits per heavy atom. The van der Waals surface area contributed by atoms with Crippen LogP contribution in [0.3, 0.4) is 0 Å². The number of carbonyl (C=O) groups is 1. The molecule has 0 spiro atoms. The third-order valence-corrected chi connectivity index (χ3v) is 2.87. The molecule has 112 valence electrons. The second kappa shape index (κ2) is 7.28. The van der Waals surface area contributed by atoms with Crippen molar-refractivity contribution >= 4 is 5.91 Å². The van der Waals surface area contributed by atoms with Crippen molar-refractivity contribution < 1.29 is 18.0 Å². The van der Waals surface area contributed by atoms with Gasteiger partial charge in [-0.25, -0.2) is 0 Å². The smallest absolute Gasteiger partial charge is 0.333 e. The number of rotatable bonds is 6. The summed E-state index contributed by atoms with van der Waals surface area (Å²) in [7, 11) is 0. The number of hydrogen-bond acceptors (Lipinski definition) is 2. The predicted molar refractivity (Wildman–Crippen MR) is 71.2 cm³/mol. The first-order chi connectivity index (χ1) is 9.31. The minimum absolute atomic E-state index is 0.0431. The SMILES string of the molecule is Cc1ccc(CCN(CC(F)(F)F)C(=O)CCN)cc1. The monoisotopic (exact) mass is 288 g/mol. The van der Waals surface area contributed by atoms with Crippen molar-refractivity contribution in [2.24, 2.45) is 5.73 Å². The van der Waals surface area contributed by atoms with Gasteiger partial charge in [0.25, 0.3) is 0 Å². The summed E-state index contributed by atoms with van der Waals surface area (Å²) in [5.74, 6) is -0.558. The Kier molecular flexibility index (Phi) is 6.01. The maximum Gasteiger partial charge on any atom is 0.406 e. The third kappa shape index (κ3) is 6.06. The molecule has 0 saturated heterocycles. The minimum atomic E-state index is -4.39. The van der Waals surface area contributed by atoms with Crippen molar-refractivity contribution in [1.82, 2.24) is 4.90 Å².